The lowest BCUT2D eigenvalue weighted by Crippen LogP contribution is -2.40. The van der Waals surface area contributed by atoms with E-state index in [1.54, 1.807) is 0 Å². The van der Waals surface area contributed by atoms with Crippen LogP contribution < -0.4 is 5.32 Å². The number of aliphatic carboxylic acids is 1. The number of carbonyl (C=O) groups is 2. The number of amides is 1. The number of anilines is 1. The average Bonchev–Trinajstić information content (AvgIpc) is 3.64. The molecule has 3 aromatic carbocycles. The van der Waals surface area contributed by atoms with Gasteiger partial charge in [-0.1, -0.05) is 78.9 Å². The summed E-state index contributed by atoms with van der Waals surface area (Å²) in [6.45, 7) is 3.02. The van der Waals surface area contributed by atoms with Gasteiger partial charge >= 0.3 is 5.97 Å². The SMILES string of the molecule is O=C(O)[C@@H](/N=C(\c1ccccc1)c1ccccc1NC(=O)[C@@H]1CCCN1Cc1ccccc1)N1CCCC1. The van der Waals surface area contributed by atoms with Crippen molar-refractivity contribution in [1.82, 2.24) is 9.80 Å². The fraction of sp³-hybridized carbons (Fsp3) is 0.323. The molecule has 0 bridgehead atoms. The Labute approximate surface area is 223 Å². The number of carboxylic acid groups (broad SMARTS) is 1. The molecule has 2 heterocycles. The van der Waals surface area contributed by atoms with Crippen LogP contribution in [0.3, 0.4) is 0 Å². The highest BCUT2D eigenvalue weighted by molar-refractivity contribution is 6.17. The molecule has 7 heteroatoms. The van der Waals surface area contributed by atoms with Crippen molar-refractivity contribution in [1.29, 1.82) is 0 Å². The second kappa shape index (κ2) is 12.2. The van der Waals surface area contributed by atoms with Crippen LogP contribution in [-0.4, -0.2) is 64.3 Å². The zero-order chi connectivity index (χ0) is 26.3. The number of carboxylic acids is 1. The van der Waals surface area contributed by atoms with Crippen molar-refractivity contribution >= 4 is 23.3 Å². The lowest BCUT2D eigenvalue weighted by atomic mass is 10.00. The first-order valence-electron chi connectivity index (χ1n) is 13.4. The Morgan fingerprint density at radius 1 is 0.868 bits per heavy atom. The minimum absolute atomic E-state index is 0.0485. The molecule has 0 unspecified atom stereocenters. The highest BCUT2D eigenvalue weighted by Gasteiger charge is 2.32. The van der Waals surface area contributed by atoms with Crippen LogP contribution in [-0.2, 0) is 16.1 Å². The van der Waals surface area contributed by atoms with Crippen LogP contribution in [0.25, 0.3) is 0 Å². The summed E-state index contributed by atoms with van der Waals surface area (Å²) in [6, 6.07) is 27.2. The van der Waals surface area contributed by atoms with E-state index in [-0.39, 0.29) is 11.9 Å². The third kappa shape index (κ3) is 6.01. The quantitative estimate of drug-likeness (QED) is 0.410. The summed E-state index contributed by atoms with van der Waals surface area (Å²) in [6.07, 6.45) is 2.73. The molecule has 1 amide bonds. The maximum Gasteiger partial charge on any atom is 0.343 e. The van der Waals surface area contributed by atoms with Crippen molar-refractivity contribution in [3.63, 3.8) is 0 Å². The van der Waals surface area contributed by atoms with Gasteiger partial charge in [0.15, 0.2) is 0 Å². The summed E-state index contributed by atoms with van der Waals surface area (Å²) in [5.74, 6) is -1.02. The number of rotatable bonds is 9. The first kappa shape index (κ1) is 25.8. The van der Waals surface area contributed by atoms with Crippen molar-refractivity contribution in [2.45, 2.75) is 44.4 Å². The summed E-state index contributed by atoms with van der Waals surface area (Å²) < 4.78 is 0. The van der Waals surface area contributed by atoms with E-state index in [0.717, 1.165) is 44.3 Å². The highest BCUT2D eigenvalue weighted by atomic mass is 16.4. The lowest BCUT2D eigenvalue weighted by molar-refractivity contribution is -0.142. The highest BCUT2D eigenvalue weighted by Crippen LogP contribution is 2.26. The van der Waals surface area contributed by atoms with Gasteiger partial charge in [0.2, 0.25) is 12.1 Å². The number of benzene rings is 3. The molecule has 2 aliphatic heterocycles. The summed E-state index contributed by atoms with van der Waals surface area (Å²) in [4.78, 5) is 34.8. The van der Waals surface area contributed by atoms with E-state index in [0.29, 0.717) is 30.1 Å². The minimum Gasteiger partial charge on any atom is -0.479 e. The molecule has 38 heavy (non-hydrogen) atoms. The molecule has 7 nitrogen and oxygen atoms in total. The number of likely N-dealkylation sites (tertiary alicyclic amines) is 2. The van der Waals surface area contributed by atoms with Crippen LogP contribution >= 0.6 is 0 Å². The zero-order valence-electron chi connectivity index (χ0n) is 21.5. The number of hydrogen-bond donors (Lipinski definition) is 2. The average molecular weight is 511 g/mol. The van der Waals surface area contributed by atoms with Gasteiger partial charge in [-0.05, 0) is 43.9 Å². The Kier molecular flexibility index (Phi) is 8.26. The minimum atomic E-state index is -0.979. The molecular weight excluding hydrogens is 476 g/mol. The van der Waals surface area contributed by atoms with E-state index in [4.69, 9.17) is 4.99 Å². The second-order valence-electron chi connectivity index (χ2n) is 9.95. The number of nitrogens with zero attached hydrogens (tertiary/aromatic N) is 3. The Morgan fingerprint density at radius 2 is 1.53 bits per heavy atom. The first-order valence-corrected chi connectivity index (χ1v) is 13.4. The molecule has 2 atom stereocenters. The second-order valence-corrected chi connectivity index (χ2v) is 9.95. The van der Waals surface area contributed by atoms with Gasteiger partial charge in [0, 0.05) is 30.8 Å². The Hall–Kier alpha value is -3.81. The number of nitrogens with one attached hydrogen (secondary N) is 1. The molecule has 5 rings (SSSR count). The van der Waals surface area contributed by atoms with Crippen LogP contribution in [0.15, 0.2) is 89.9 Å². The Morgan fingerprint density at radius 3 is 2.24 bits per heavy atom. The van der Waals surface area contributed by atoms with Gasteiger partial charge in [-0.25, -0.2) is 4.79 Å². The van der Waals surface area contributed by atoms with Crippen LogP contribution in [0.4, 0.5) is 5.69 Å². The topological polar surface area (TPSA) is 85.2 Å². The molecule has 0 spiro atoms. The molecule has 196 valence electrons. The van der Waals surface area contributed by atoms with Crippen LogP contribution in [0.2, 0.25) is 0 Å². The Bertz CT molecular complexity index is 1270. The molecule has 2 aliphatic rings. The third-order valence-corrected chi connectivity index (χ3v) is 7.34. The van der Waals surface area contributed by atoms with Crippen molar-refractivity contribution in [2.75, 3.05) is 25.0 Å². The molecule has 2 N–H and O–H groups in total. The predicted molar refractivity (Wildman–Crippen MR) is 149 cm³/mol. The molecule has 0 aromatic heterocycles. The Balaban J connectivity index is 1.45. The molecular formula is C31H34N4O3. The van der Waals surface area contributed by atoms with Gasteiger partial charge < -0.3 is 10.4 Å². The summed E-state index contributed by atoms with van der Waals surface area (Å²) >= 11 is 0. The molecule has 0 saturated carbocycles. The van der Waals surface area contributed by atoms with Crippen molar-refractivity contribution in [3.05, 3.63) is 102 Å². The van der Waals surface area contributed by atoms with E-state index >= 15 is 0 Å². The maximum absolute atomic E-state index is 13.6. The number of carbonyl (C=O) groups excluding carboxylic acids is 1. The standard InChI is InChI=1S/C31H34N4O3/c36-30(27-18-11-21-35(27)22-23-12-3-1-4-13-23)32-26-17-8-7-16-25(26)28(24-14-5-2-6-15-24)33-29(31(37)38)34-19-9-10-20-34/h1-8,12-17,27,29H,9-11,18-22H2,(H,32,36)(H,37,38)/b33-28+/t27-,29-/m0/s1. The largest absolute Gasteiger partial charge is 0.479 e. The first-order chi connectivity index (χ1) is 18.6. The van der Waals surface area contributed by atoms with Gasteiger partial charge in [0.05, 0.1) is 17.4 Å². The third-order valence-electron chi connectivity index (χ3n) is 7.34. The van der Waals surface area contributed by atoms with E-state index in [1.807, 2.05) is 77.7 Å². The van der Waals surface area contributed by atoms with Gasteiger partial charge in [0.25, 0.3) is 0 Å². The van der Waals surface area contributed by atoms with Crippen LogP contribution in [0.5, 0.6) is 0 Å². The smallest absolute Gasteiger partial charge is 0.343 e. The molecule has 2 fully saturated rings. The number of aliphatic imine (C=N–C) groups is 1. The van der Waals surface area contributed by atoms with E-state index in [1.165, 1.54) is 5.56 Å². The van der Waals surface area contributed by atoms with Crippen molar-refractivity contribution < 1.29 is 14.7 Å². The fourth-order valence-corrected chi connectivity index (χ4v) is 5.44. The normalized spacial score (nSPS) is 19.4. The summed E-state index contributed by atoms with van der Waals surface area (Å²) in [5, 5.41) is 13.2. The van der Waals surface area contributed by atoms with Gasteiger partial charge in [0.1, 0.15) is 0 Å². The molecule has 0 aliphatic carbocycles. The van der Waals surface area contributed by atoms with Crippen LogP contribution in [0, 0.1) is 0 Å². The predicted octanol–water partition coefficient (Wildman–Crippen LogP) is 4.63. The zero-order valence-corrected chi connectivity index (χ0v) is 21.5. The fourth-order valence-electron chi connectivity index (χ4n) is 5.44. The lowest BCUT2D eigenvalue weighted by Gasteiger charge is -2.25. The van der Waals surface area contributed by atoms with Crippen LogP contribution in [0.1, 0.15) is 42.4 Å². The number of hydrogen-bond acceptors (Lipinski definition) is 5. The molecule has 2 saturated heterocycles. The molecule has 3 aromatic rings. The van der Waals surface area contributed by atoms with Crippen molar-refractivity contribution in [3.8, 4) is 0 Å². The van der Waals surface area contributed by atoms with Gasteiger partial charge in [-0.15, -0.1) is 0 Å². The van der Waals surface area contributed by atoms with E-state index < -0.39 is 12.1 Å². The van der Waals surface area contributed by atoms with E-state index in [2.05, 4.69) is 22.3 Å². The monoisotopic (exact) mass is 510 g/mol. The van der Waals surface area contributed by atoms with E-state index in [9.17, 15) is 14.7 Å². The maximum atomic E-state index is 13.6. The number of para-hydroxylation sites is 1. The van der Waals surface area contributed by atoms with Gasteiger partial charge in [-0.2, -0.15) is 0 Å². The van der Waals surface area contributed by atoms with Gasteiger partial charge in [-0.3, -0.25) is 19.6 Å². The molecule has 0 radical (unpaired) electrons. The summed E-state index contributed by atoms with van der Waals surface area (Å²) in [5.41, 5.74) is 3.91. The summed E-state index contributed by atoms with van der Waals surface area (Å²) in [7, 11) is 0. The van der Waals surface area contributed by atoms with Crippen molar-refractivity contribution in [2.24, 2.45) is 4.99 Å².